The second kappa shape index (κ2) is 21.0. The van der Waals surface area contributed by atoms with E-state index in [0.29, 0.717) is 28.4 Å². The number of thiazole rings is 1. The van der Waals surface area contributed by atoms with E-state index in [2.05, 4.69) is 26.1 Å². The fourth-order valence-electron chi connectivity index (χ4n) is 8.03. The number of benzene rings is 5. The largest absolute Gasteiger partial charge is 0.508 e. The quantitative estimate of drug-likeness (QED) is 0.0425. The van der Waals surface area contributed by atoms with Gasteiger partial charge in [0, 0.05) is 28.6 Å². The highest BCUT2D eigenvalue weighted by Crippen LogP contribution is 2.47. The fourth-order valence-corrected chi connectivity index (χ4v) is 10.0. The van der Waals surface area contributed by atoms with E-state index in [1.807, 2.05) is 58.9 Å². The number of fused-ring (bicyclic) bond motifs is 1. The number of likely N-dealkylation sites (tertiary alicyclic amines) is 1. The summed E-state index contributed by atoms with van der Waals surface area (Å²) in [5, 5.41) is 41.3. The molecule has 70 heavy (non-hydrogen) atoms. The molecule has 5 aromatic carbocycles. The van der Waals surface area contributed by atoms with Crippen LogP contribution in [0.2, 0.25) is 0 Å². The number of aliphatic hydroxyl groups is 1. The molecule has 1 aliphatic rings. The number of aryl methyl sites for hydroxylation is 1. The van der Waals surface area contributed by atoms with Gasteiger partial charge in [-0.3, -0.25) is 19.2 Å². The Bertz CT molecular complexity index is 3050. The number of phenolic OH excluding ortho intramolecular Hbond substituents is 2. The molecule has 8 rings (SSSR count). The van der Waals surface area contributed by atoms with E-state index in [1.165, 1.54) is 22.5 Å². The third-order valence-corrected chi connectivity index (χ3v) is 13.9. The van der Waals surface area contributed by atoms with Crippen molar-refractivity contribution in [2.45, 2.75) is 65.3 Å². The molecule has 1 saturated heterocycles. The summed E-state index contributed by atoms with van der Waals surface area (Å²) in [6, 6.07) is 30.6. The number of rotatable bonds is 15. The van der Waals surface area contributed by atoms with Gasteiger partial charge in [-0.1, -0.05) is 51.1 Å². The molecular weight excluding hydrogens is 929 g/mol. The molecule has 2 aromatic heterocycles. The van der Waals surface area contributed by atoms with Gasteiger partial charge in [0.05, 0.1) is 39.3 Å². The van der Waals surface area contributed by atoms with Crippen LogP contribution in [0.15, 0.2) is 126 Å². The van der Waals surface area contributed by atoms with Crippen molar-refractivity contribution >= 4 is 62.6 Å². The van der Waals surface area contributed by atoms with Crippen LogP contribution in [-0.2, 0) is 14.4 Å². The number of aromatic hydroxyl groups is 2. The number of aliphatic hydroxyl groups excluding tert-OH is 1. The van der Waals surface area contributed by atoms with Gasteiger partial charge in [0.1, 0.15) is 35.1 Å². The van der Waals surface area contributed by atoms with Gasteiger partial charge in [-0.15, -0.1) is 22.7 Å². The fraction of sp³-hybridized carbons (Fsp3) is 0.245. The minimum Gasteiger partial charge on any atom is -0.508 e. The SMILES string of the molecule is Cc1ncsc1-c1ccc(C(C)NC(=O)C2CC(O)CN2C(=O)C(NC(=O)COc2ccc(C=NNC(=O)c3cccc(Oc4c(-c5ccc(O)cc5)sc5cc(O)ccc45)c3)cc2)C(C)(C)C)cc1. The van der Waals surface area contributed by atoms with E-state index >= 15 is 0 Å². The molecule has 0 radical (unpaired) electrons. The van der Waals surface area contributed by atoms with Crippen molar-refractivity contribution in [3.05, 3.63) is 143 Å². The van der Waals surface area contributed by atoms with E-state index in [0.717, 1.165) is 42.2 Å². The molecule has 360 valence electrons. The Morgan fingerprint density at radius 3 is 2.27 bits per heavy atom. The summed E-state index contributed by atoms with van der Waals surface area (Å²) in [6.07, 6.45) is 0.604. The first-order chi connectivity index (χ1) is 33.5. The molecule has 0 saturated carbocycles. The Hall–Kier alpha value is -7.60. The van der Waals surface area contributed by atoms with Crippen molar-refractivity contribution in [1.29, 1.82) is 0 Å². The zero-order valence-corrected chi connectivity index (χ0v) is 40.6. The van der Waals surface area contributed by atoms with Crippen LogP contribution >= 0.6 is 22.7 Å². The molecule has 4 atom stereocenters. The summed E-state index contributed by atoms with van der Waals surface area (Å²) < 4.78 is 12.9. The van der Waals surface area contributed by atoms with Crippen LogP contribution in [0.3, 0.4) is 0 Å². The van der Waals surface area contributed by atoms with Crippen LogP contribution in [0.1, 0.15) is 67.3 Å². The van der Waals surface area contributed by atoms with Crippen LogP contribution in [0.25, 0.3) is 31.0 Å². The maximum atomic E-state index is 14.1. The number of thiophene rings is 1. The highest BCUT2D eigenvalue weighted by molar-refractivity contribution is 7.22. The predicted molar refractivity (Wildman–Crippen MR) is 270 cm³/mol. The average Bonchev–Trinajstić information content (AvgIpc) is 4.06. The summed E-state index contributed by atoms with van der Waals surface area (Å²) in [5.41, 5.74) is 8.18. The molecule has 0 aliphatic carbocycles. The lowest BCUT2D eigenvalue weighted by molar-refractivity contribution is -0.144. The third-order valence-electron chi connectivity index (χ3n) is 11.8. The second-order valence-corrected chi connectivity index (χ2v) is 20.0. The van der Waals surface area contributed by atoms with Crippen molar-refractivity contribution in [3.8, 4) is 49.6 Å². The lowest BCUT2D eigenvalue weighted by atomic mass is 9.85. The van der Waals surface area contributed by atoms with Gasteiger partial charge >= 0.3 is 0 Å². The van der Waals surface area contributed by atoms with Crippen LogP contribution in [0.5, 0.6) is 28.7 Å². The Balaban J connectivity index is 0.835. The van der Waals surface area contributed by atoms with Crippen LogP contribution in [-0.4, -0.2) is 86.4 Å². The molecule has 1 fully saturated rings. The molecule has 3 heterocycles. The smallest absolute Gasteiger partial charge is 0.271 e. The highest BCUT2D eigenvalue weighted by Gasteiger charge is 2.44. The van der Waals surface area contributed by atoms with Crippen molar-refractivity contribution in [2.75, 3.05) is 13.2 Å². The highest BCUT2D eigenvalue weighted by atomic mass is 32.1. The lowest BCUT2D eigenvalue weighted by Gasteiger charge is -2.35. The second-order valence-electron chi connectivity index (χ2n) is 18.1. The van der Waals surface area contributed by atoms with E-state index in [1.54, 1.807) is 108 Å². The summed E-state index contributed by atoms with van der Waals surface area (Å²) in [7, 11) is 0. The Morgan fingerprint density at radius 2 is 1.57 bits per heavy atom. The molecule has 0 bridgehead atoms. The standard InChI is InChI=1S/C53H52N6O9S2/c1-30(33-11-13-34(14-12-33)47-31(2)54-29-69-47)56-51(65)43-24-39(62)27-59(43)52(66)49(53(3,4)5)57-45(63)28-67-40-20-9-32(10-21-40)26-55-58-50(64)36-7-6-8-41(23-36)68-46-42-22-19-38(61)25-44(42)70-48(46)35-15-17-37(60)18-16-35/h6-23,25-26,29-30,39,43,49,60-62H,24,27-28H2,1-5H3,(H,56,65)(H,57,63)(H,58,64). The van der Waals surface area contributed by atoms with Crippen molar-refractivity contribution in [2.24, 2.45) is 10.5 Å². The van der Waals surface area contributed by atoms with Crippen LogP contribution < -0.4 is 25.5 Å². The van der Waals surface area contributed by atoms with Crippen molar-refractivity contribution < 1.29 is 44.0 Å². The van der Waals surface area contributed by atoms with Crippen LogP contribution in [0, 0.1) is 12.3 Å². The zero-order valence-electron chi connectivity index (χ0n) is 39.0. The zero-order chi connectivity index (χ0) is 49.7. The number of phenols is 2. The number of ether oxygens (including phenoxy) is 2. The number of hydrogen-bond acceptors (Lipinski definition) is 13. The monoisotopic (exact) mass is 980 g/mol. The topological polar surface area (TPSA) is 212 Å². The molecule has 4 unspecified atom stereocenters. The van der Waals surface area contributed by atoms with Gasteiger partial charge in [0.15, 0.2) is 12.4 Å². The maximum Gasteiger partial charge on any atom is 0.271 e. The van der Waals surface area contributed by atoms with Crippen molar-refractivity contribution in [3.63, 3.8) is 0 Å². The number of carbonyl (C=O) groups is 4. The first kappa shape index (κ1) is 48.8. The maximum absolute atomic E-state index is 14.1. The summed E-state index contributed by atoms with van der Waals surface area (Å²) in [4.78, 5) is 61.8. The van der Waals surface area contributed by atoms with Gasteiger partial charge in [-0.2, -0.15) is 5.10 Å². The molecule has 15 nitrogen and oxygen atoms in total. The first-order valence-electron chi connectivity index (χ1n) is 22.5. The van der Waals surface area contributed by atoms with Gasteiger partial charge in [0.2, 0.25) is 11.8 Å². The van der Waals surface area contributed by atoms with Crippen molar-refractivity contribution in [1.82, 2.24) is 25.9 Å². The van der Waals surface area contributed by atoms with E-state index in [9.17, 15) is 34.5 Å². The molecule has 0 spiro atoms. The molecule has 17 heteroatoms. The molecular formula is C53H52N6O9S2. The number of nitrogens with zero attached hydrogens (tertiary/aromatic N) is 3. The minimum absolute atomic E-state index is 0.0548. The van der Waals surface area contributed by atoms with E-state index in [-0.39, 0.29) is 30.5 Å². The molecule has 1 aliphatic heterocycles. The van der Waals surface area contributed by atoms with E-state index in [4.69, 9.17) is 9.47 Å². The normalized spacial score (nSPS) is 15.7. The molecule has 4 amide bonds. The minimum atomic E-state index is -1.03. The Morgan fingerprint density at radius 1 is 0.871 bits per heavy atom. The number of aromatic nitrogens is 1. The first-order valence-corrected chi connectivity index (χ1v) is 24.2. The average molecular weight is 981 g/mol. The Kier molecular flexibility index (Phi) is 14.6. The summed E-state index contributed by atoms with van der Waals surface area (Å²) >= 11 is 2.99. The van der Waals surface area contributed by atoms with E-state index < -0.39 is 53.8 Å². The van der Waals surface area contributed by atoms with Gasteiger partial charge in [-0.25, -0.2) is 10.4 Å². The number of amides is 4. The lowest BCUT2D eigenvalue weighted by Crippen LogP contribution is -2.58. The third kappa shape index (κ3) is 11.5. The summed E-state index contributed by atoms with van der Waals surface area (Å²) in [5.74, 6) is -0.346. The number of nitrogens with one attached hydrogen (secondary N) is 3. The number of hydrogen-bond donors (Lipinski definition) is 6. The van der Waals surface area contributed by atoms with Crippen LogP contribution in [0.4, 0.5) is 0 Å². The number of carbonyl (C=O) groups excluding carboxylic acids is 4. The van der Waals surface area contributed by atoms with Gasteiger partial charge < -0.3 is 40.3 Å². The summed E-state index contributed by atoms with van der Waals surface area (Å²) in [6.45, 7) is 8.79. The van der Waals surface area contributed by atoms with Gasteiger partial charge in [0.25, 0.3) is 11.8 Å². The molecule has 7 aromatic rings. The molecule has 6 N–H and O–H groups in total. The number of hydrazone groups is 1. The predicted octanol–water partition coefficient (Wildman–Crippen LogP) is 8.72. The Labute approximate surface area is 412 Å². The van der Waals surface area contributed by atoms with Gasteiger partial charge in [-0.05, 0) is 126 Å². The number of β-amino-alcohol motifs (C(OH)–C–C–N with tert-alkyl or cyclic N) is 1.